The maximum absolute atomic E-state index is 12.4. The minimum Gasteiger partial charge on any atom is -0.386 e. The predicted octanol–water partition coefficient (Wildman–Crippen LogP) is 2.91. The molecule has 0 aliphatic carbocycles. The Morgan fingerprint density at radius 3 is 2.06 bits per heavy atom. The van der Waals surface area contributed by atoms with E-state index in [1.807, 2.05) is 18.7 Å². The van der Waals surface area contributed by atoms with Crippen LogP contribution >= 0.6 is 0 Å². The van der Waals surface area contributed by atoms with Gasteiger partial charge in [0.05, 0.1) is 5.56 Å². The first-order valence-electron chi connectivity index (χ1n) is 5.87. The van der Waals surface area contributed by atoms with Crippen LogP contribution in [0.5, 0.6) is 0 Å². The fraction of sp³-hybridized carbons (Fsp3) is 0.538. The Bertz CT molecular complexity index is 419. The third-order valence-corrected chi connectivity index (χ3v) is 3.56. The summed E-state index contributed by atoms with van der Waals surface area (Å²) < 4.78 is 37.2. The van der Waals surface area contributed by atoms with Gasteiger partial charge in [-0.15, -0.1) is 0 Å². The summed E-state index contributed by atoms with van der Waals surface area (Å²) in [5, 5.41) is 10.1. The largest absolute Gasteiger partial charge is 0.416 e. The highest BCUT2D eigenvalue weighted by molar-refractivity contribution is 5.51. The standard InChI is InChI=1S/C13H16F3NO/c1-9(2)12(18)7-17(8-12)11-5-3-10(4-6-11)13(14,15)16/h3-6,9,18H,7-8H2,1-2H3. The molecule has 0 unspecified atom stereocenters. The van der Waals surface area contributed by atoms with Crippen molar-refractivity contribution in [1.29, 1.82) is 0 Å². The van der Waals surface area contributed by atoms with Crippen molar-refractivity contribution >= 4 is 5.69 Å². The van der Waals surface area contributed by atoms with E-state index in [-0.39, 0.29) is 5.92 Å². The van der Waals surface area contributed by atoms with Gasteiger partial charge in [0.15, 0.2) is 0 Å². The lowest BCUT2D eigenvalue weighted by atomic mass is 9.82. The van der Waals surface area contributed by atoms with Crippen LogP contribution in [-0.4, -0.2) is 23.8 Å². The van der Waals surface area contributed by atoms with Crippen LogP contribution in [0.15, 0.2) is 24.3 Å². The summed E-state index contributed by atoms with van der Waals surface area (Å²) in [6.07, 6.45) is -4.30. The van der Waals surface area contributed by atoms with Crippen molar-refractivity contribution < 1.29 is 18.3 Å². The quantitative estimate of drug-likeness (QED) is 0.882. The lowest BCUT2D eigenvalue weighted by Gasteiger charge is -2.50. The first-order chi connectivity index (χ1) is 8.22. The van der Waals surface area contributed by atoms with Gasteiger partial charge >= 0.3 is 6.18 Å². The van der Waals surface area contributed by atoms with Crippen molar-refractivity contribution in [3.8, 4) is 0 Å². The number of hydrogen-bond acceptors (Lipinski definition) is 2. The summed E-state index contributed by atoms with van der Waals surface area (Å²) in [5.74, 6) is 0.142. The van der Waals surface area contributed by atoms with Crippen molar-refractivity contribution in [2.45, 2.75) is 25.6 Å². The Labute approximate surface area is 104 Å². The Kier molecular flexibility index (Phi) is 3.05. The molecular weight excluding hydrogens is 243 g/mol. The maximum atomic E-state index is 12.4. The number of hydrogen-bond donors (Lipinski definition) is 1. The highest BCUT2D eigenvalue weighted by Gasteiger charge is 2.43. The Morgan fingerprint density at radius 1 is 1.17 bits per heavy atom. The third-order valence-electron chi connectivity index (χ3n) is 3.56. The maximum Gasteiger partial charge on any atom is 0.416 e. The van der Waals surface area contributed by atoms with Crippen LogP contribution in [0, 0.1) is 5.92 Å². The molecule has 0 amide bonds. The monoisotopic (exact) mass is 259 g/mol. The molecule has 2 nitrogen and oxygen atoms in total. The van der Waals surface area contributed by atoms with Gasteiger partial charge in [-0.2, -0.15) is 13.2 Å². The number of aliphatic hydroxyl groups is 1. The average Bonchev–Trinajstić information content (AvgIpc) is 2.23. The molecule has 2 rings (SSSR count). The van der Waals surface area contributed by atoms with Crippen LogP contribution in [0.2, 0.25) is 0 Å². The molecule has 0 radical (unpaired) electrons. The number of nitrogens with zero attached hydrogens (tertiary/aromatic N) is 1. The van der Waals surface area contributed by atoms with Gasteiger partial charge in [0.2, 0.25) is 0 Å². The average molecular weight is 259 g/mol. The van der Waals surface area contributed by atoms with Crippen LogP contribution in [0.4, 0.5) is 18.9 Å². The first-order valence-corrected chi connectivity index (χ1v) is 5.87. The number of rotatable bonds is 2. The molecule has 0 aromatic heterocycles. The molecule has 0 atom stereocenters. The number of anilines is 1. The molecule has 1 aliphatic rings. The molecule has 1 heterocycles. The van der Waals surface area contributed by atoms with Gasteiger partial charge in [-0.3, -0.25) is 0 Å². The Balaban J connectivity index is 2.05. The van der Waals surface area contributed by atoms with E-state index >= 15 is 0 Å². The molecule has 0 spiro atoms. The second-order valence-corrected chi connectivity index (χ2v) is 5.16. The number of halogens is 3. The summed E-state index contributed by atoms with van der Waals surface area (Å²) in [7, 11) is 0. The van der Waals surface area contributed by atoms with Crippen molar-refractivity contribution in [2.24, 2.45) is 5.92 Å². The van der Waals surface area contributed by atoms with Crippen molar-refractivity contribution in [3.05, 3.63) is 29.8 Å². The SMILES string of the molecule is CC(C)C1(O)CN(c2ccc(C(F)(F)F)cc2)C1. The second-order valence-electron chi connectivity index (χ2n) is 5.16. The van der Waals surface area contributed by atoms with Crippen molar-refractivity contribution in [1.82, 2.24) is 0 Å². The minimum absolute atomic E-state index is 0.142. The van der Waals surface area contributed by atoms with Crippen LogP contribution in [0.3, 0.4) is 0 Å². The van der Waals surface area contributed by atoms with E-state index in [4.69, 9.17) is 0 Å². The van der Waals surface area contributed by atoms with Gasteiger partial charge in [-0.1, -0.05) is 13.8 Å². The molecular formula is C13H16F3NO. The number of benzene rings is 1. The second kappa shape index (κ2) is 4.16. The fourth-order valence-electron chi connectivity index (χ4n) is 2.02. The summed E-state index contributed by atoms with van der Waals surface area (Å²) in [4.78, 5) is 1.88. The van der Waals surface area contributed by atoms with Crippen LogP contribution in [0.25, 0.3) is 0 Å². The van der Waals surface area contributed by atoms with Gasteiger partial charge in [-0.05, 0) is 30.2 Å². The lowest BCUT2D eigenvalue weighted by Crippen LogP contribution is -2.64. The van der Waals surface area contributed by atoms with E-state index in [0.29, 0.717) is 18.8 Å². The van der Waals surface area contributed by atoms with E-state index in [2.05, 4.69) is 0 Å². The van der Waals surface area contributed by atoms with Gasteiger partial charge < -0.3 is 10.0 Å². The van der Waals surface area contributed by atoms with Gasteiger partial charge in [-0.25, -0.2) is 0 Å². The van der Waals surface area contributed by atoms with Crippen molar-refractivity contribution in [3.63, 3.8) is 0 Å². The molecule has 0 saturated carbocycles. The molecule has 5 heteroatoms. The van der Waals surface area contributed by atoms with Crippen LogP contribution in [-0.2, 0) is 6.18 Å². The Morgan fingerprint density at radius 2 is 1.67 bits per heavy atom. The molecule has 1 saturated heterocycles. The number of alkyl halides is 3. The van der Waals surface area contributed by atoms with Crippen molar-refractivity contribution in [2.75, 3.05) is 18.0 Å². The zero-order valence-corrected chi connectivity index (χ0v) is 10.3. The molecule has 0 bridgehead atoms. The Hall–Kier alpha value is -1.23. The first kappa shape index (κ1) is 13.2. The summed E-state index contributed by atoms with van der Waals surface area (Å²) in [6, 6.07) is 5.04. The number of β-amino-alcohol motifs (C(OH)–C–C–N with tert-alkyl or cyclic N) is 1. The fourth-order valence-corrected chi connectivity index (χ4v) is 2.02. The van der Waals surface area contributed by atoms with E-state index in [0.717, 1.165) is 12.1 Å². The highest BCUT2D eigenvalue weighted by atomic mass is 19.4. The molecule has 1 aliphatic heterocycles. The topological polar surface area (TPSA) is 23.5 Å². The lowest BCUT2D eigenvalue weighted by molar-refractivity contribution is -0.137. The molecule has 1 fully saturated rings. The zero-order chi connectivity index (χ0) is 13.6. The van der Waals surface area contributed by atoms with E-state index in [1.165, 1.54) is 12.1 Å². The molecule has 1 aromatic carbocycles. The summed E-state index contributed by atoms with van der Waals surface area (Å²) in [5.41, 5.74) is -0.651. The molecule has 100 valence electrons. The molecule has 1 N–H and O–H groups in total. The minimum atomic E-state index is -4.30. The summed E-state index contributed by atoms with van der Waals surface area (Å²) in [6.45, 7) is 4.81. The normalized spacial score (nSPS) is 18.9. The zero-order valence-electron chi connectivity index (χ0n) is 10.3. The van der Waals surface area contributed by atoms with Gasteiger partial charge in [0.25, 0.3) is 0 Å². The summed E-state index contributed by atoms with van der Waals surface area (Å²) >= 11 is 0. The van der Waals surface area contributed by atoms with E-state index in [1.54, 1.807) is 0 Å². The van der Waals surface area contributed by atoms with E-state index in [9.17, 15) is 18.3 Å². The van der Waals surface area contributed by atoms with Crippen LogP contribution < -0.4 is 4.90 Å². The van der Waals surface area contributed by atoms with Gasteiger partial charge in [0.1, 0.15) is 5.60 Å². The smallest absolute Gasteiger partial charge is 0.386 e. The van der Waals surface area contributed by atoms with Gasteiger partial charge in [0, 0.05) is 18.8 Å². The predicted molar refractivity (Wildman–Crippen MR) is 63.4 cm³/mol. The third kappa shape index (κ3) is 2.32. The molecule has 18 heavy (non-hydrogen) atoms. The van der Waals surface area contributed by atoms with E-state index < -0.39 is 17.3 Å². The van der Waals surface area contributed by atoms with Crippen LogP contribution in [0.1, 0.15) is 19.4 Å². The highest BCUT2D eigenvalue weighted by Crippen LogP contribution is 2.35. The molecule has 1 aromatic rings.